The molecule has 0 saturated carbocycles. The summed E-state index contributed by atoms with van der Waals surface area (Å²) in [4.78, 5) is 27.8. The van der Waals surface area contributed by atoms with Crippen LogP contribution >= 0.6 is 15.9 Å². The predicted octanol–water partition coefficient (Wildman–Crippen LogP) is 1.48. The molecule has 1 atom stereocenters. The van der Waals surface area contributed by atoms with E-state index in [0.717, 1.165) is 0 Å². The molecule has 1 aromatic carbocycles. The second-order valence-corrected chi connectivity index (χ2v) is 8.90. The van der Waals surface area contributed by atoms with Gasteiger partial charge in [-0.05, 0) is 37.1 Å². The largest absolute Gasteiger partial charge is 0.364 e. The van der Waals surface area contributed by atoms with Gasteiger partial charge in [-0.25, -0.2) is 13.1 Å². The molecule has 3 rings (SSSR count). The van der Waals surface area contributed by atoms with Gasteiger partial charge in [0.1, 0.15) is 10.6 Å². The number of nitrogens with zero attached hydrogens (tertiary/aromatic N) is 1. The fraction of sp³-hybridized carbons (Fsp3) is 0.294. The first-order valence-corrected chi connectivity index (χ1v) is 10.5. The smallest absolute Gasteiger partial charge is 0.266 e. The number of piperidine rings is 1. The number of aromatic nitrogens is 1. The zero-order chi connectivity index (χ0) is 19.8. The Labute approximate surface area is 165 Å². The number of H-pyrrole nitrogens is 1. The van der Waals surface area contributed by atoms with Gasteiger partial charge in [-0.3, -0.25) is 9.59 Å². The van der Waals surface area contributed by atoms with Crippen LogP contribution in [0.15, 0.2) is 40.2 Å². The van der Waals surface area contributed by atoms with E-state index < -0.39 is 22.0 Å². The van der Waals surface area contributed by atoms with Crippen LogP contribution in [0.1, 0.15) is 23.3 Å². The maximum Gasteiger partial charge on any atom is 0.266 e. The average molecular weight is 455 g/mol. The van der Waals surface area contributed by atoms with Gasteiger partial charge in [0.15, 0.2) is 0 Å². The Bertz CT molecular complexity index is 1030. The molecule has 4 N–H and O–H groups in total. The fourth-order valence-electron chi connectivity index (χ4n) is 3.27. The molecule has 0 aliphatic carbocycles. The molecule has 0 spiro atoms. The van der Waals surface area contributed by atoms with Crippen LogP contribution in [-0.2, 0) is 14.8 Å². The van der Waals surface area contributed by atoms with E-state index in [1.807, 2.05) is 0 Å². The van der Waals surface area contributed by atoms with Gasteiger partial charge < -0.3 is 15.6 Å². The number of fused-ring (bicyclic) bond motifs is 1. The molecule has 10 heteroatoms. The molecule has 8 nitrogen and oxygen atoms in total. The number of aromatic amines is 1. The van der Waals surface area contributed by atoms with Crippen molar-refractivity contribution in [2.45, 2.75) is 23.8 Å². The minimum absolute atomic E-state index is 0.176. The highest BCUT2D eigenvalue weighted by Gasteiger charge is 2.31. The molecule has 2 aromatic rings. The van der Waals surface area contributed by atoms with Crippen molar-refractivity contribution in [3.8, 4) is 0 Å². The maximum absolute atomic E-state index is 13.1. The van der Waals surface area contributed by atoms with Crippen molar-refractivity contribution in [2.75, 3.05) is 13.1 Å². The quantitative estimate of drug-likeness (QED) is 0.591. The number of likely N-dealkylation sites (tertiary alicyclic amines) is 1. The first kappa shape index (κ1) is 19.6. The number of hydrogen-bond acceptors (Lipinski definition) is 4. The summed E-state index contributed by atoms with van der Waals surface area (Å²) in [6.45, 7) is 4.25. The summed E-state index contributed by atoms with van der Waals surface area (Å²) in [7, 11) is -4.06. The Hall–Kier alpha value is -2.17. The third-order valence-electron chi connectivity index (χ3n) is 4.46. The maximum atomic E-state index is 13.1. The number of carbonyl (C=O) groups excluding carboxylic acids is 2. The van der Waals surface area contributed by atoms with E-state index in [1.165, 1.54) is 6.08 Å². The third kappa shape index (κ3) is 3.92. The minimum Gasteiger partial charge on any atom is -0.364 e. The van der Waals surface area contributed by atoms with Crippen molar-refractivity contribution < 1.29 is 18.0 Å². The molecule has 0 radical (unpaired) electrons. The van der Waals surface area contributed by atoms with Crippen LogP contribution in [0.5, 0.6) is 0 Å². The summed E-state index contributed by atoms with van der Waals surface area (Å²) >= 11 is 3.31. The second-order valence-electron chi connectivity index (χ2n) is 6.33. The highest BCUT2D eigenvalue weighted by atomic mass is 79.9. The lowest BCUT2D eigenvalue weighted by Crippen LogP contribution is -2.49. The van der Waals surface area contributed by atoms with Crippen molar-refractivity contribution in [3.05, 3.63) is 41.0 Å². The molecular formula is C17H19BrN4O4S. The molecule has 0 bridgehead atoms. The van der Waals surface area contributed by atoms with Gasteiger partial charge in [-0.15, -0.1) is 0 Å². The normalized spacial score (nSPS) is 17.8. The molecule has 1 aliphatic rings. The molecular weight excluding hydrogens is 436 g/mol. The van der Waals surface area contributed by atoms with Gasteiger partial charge in [0, 0.05) is 34.5 Å². The molecule has 144 valence electrons. The summed E-state index contributed by atoms with van der Waals surface area (Å²) in [6, 6.07) is 4.54. The summed E-state index contributed by atoms with van der Waals surface area (Å²) in [6.07, 6.45) is 2.45. The standard InChI is InChI=1S/C17H19BrN4O4S/c1-2-14(23)22-7-3-4-11(9-22)21-27(25,26)16-12-8-10(18)5-6-13(12)20-15(16)17(19)24/h2,5-6,8,11,20-21H,1,3-4,7,9H2,(H2,19,24). The number of carbonyl (C=O) groups is 2. The Morgan fingerprint density at radius 2 is 2.15 bits per heavy atom. The van der Waals surface area contributed by atoms with Crippen LogP contribution in [0.3, 0.4) is 0 Å². The second kappa shape index (κ2) is 7.45. The Balaban J connectivity index is 1.98. The van der Waals surface area contributed by atoms with E-state index in [2.05, 4.69) is 32.2 Å². The number of halogens is 1. The highest BCUT2D eigenvalue weighted by molar-refractivity contribution is 9.10. The SMILES string of the molecule is C=CC(=O)N1CCCC(NS(=O)(=O)c2c(C(N)=O)[nH]c3ccc(Br)cc23)C1. The topological polar surface area (TPSA) is 125 Å². The van der Waals surface area contributed by atoms with E-state index >= 15 is 0 Å². The van der Waals surface area contributed by atoms with E-state index in [0.29, 0.717) is 34.8 Å². The van der Waals surface area contributed by atoms with Crippen molar-refractivity contribution in [2.24, 2.45) is 5.73 Å². The summed E-state index contributed by atoms with van der Waals surface area (Å²) < 4.78 is 29.4. The molecule has 1 fully saturated rings. The number of primary amides is 1. The third-order valence-corrected chi connectivity index (χ3v) is 6.56. The Morgan fingerprint density at radius 1 is 1.41 bits per heavy atom. The van der Waals surface area contributed by atoms with Crippen molar-refractivity contribution in [1.29, 1.82) is 0 Å². The lowest BCUT2D eigenvalue weighted by molar-refractivity contribution is -0.127. The number of nitrogens with two attached hydrogens (primary N) is 1. The molecule has 1 unspecified atom stereocenters. The summed E-state index contributed by atoms with van der Waals surface area (Å²) in [5, 5.41) is 0.362. The minimum atomic E-state index is -4.06. The Morgan fingerprint density at radius 3 is 2.81 bits per heavy atom. The van der Waals surface area contributed by atoms with Crippen LogP contribution in [0.4, 0.5) is 0 Å². The van der Waals surface area contributed by atoms with Gasteiger partial charge in [0.25, 0.3) is 5.91 Å². The zero-order valence-electron chi connectivity index (χ0n) is 14.4. The zero-order valence-corrected chi connectivity index (χ0v) is 16.8. The number of amides is 2. The molecule has 1 saturated heterocycles. The van der Waals surface area contributed by atoms with Crippen molar-refractivity contribution in [3.63, 3.8) is 0 Å². The van der Waals surface area contributed by atoms with Crippen LogP contribution in [-0.4, -0.2) is 49.2 Å². The Kier molecular flexibility index (Phi) is 5.41. The van der Waals surface area contributed by atoms with Crippen molar-refractivity contribution >= 4 is 48.7 Å². The molecule has 1 aromatic heterocycles. The predicted molar refractivity (Wildman–Crippen MR) is 105 cm³/mol. The lowest BCUT2D eigenvalue weighted by atomic mass is 10.1. The van der Waals surface area contributed by atoms with E-state index in [9.17, 15) is 18.0 Å². The number of rotatable bonds is 5. The van der Waals surface area contributed by atoms with Crippen molar-refractivity contribution in [1.82, 2.24) is 14.6 Å². The number of nitrogens with one attached hydrogen (secondary N) is 2. The van der Waals surface area contributed by atoms with Gasteiger partial charge in [0.05, 0.1) is 0 Å². The van der Waals surface area contributed by atoms with Crippen LogP contribution in [0, 0.1) is 0 Å². The van der Waals surface area contributed by atoms with E-state index in [4.69, 9.17) is 5.73 Å². The molecule has 2 heterocycles. The molecule has 1 aliphatic heterocycles. The van der Waals surface area contributed by atoms with E-state index in [1.54, 1.807) is 23.1 Å². The molecule has 27 heavy (non-hydrogen) atoms. The average Bonchev–Trinajstić information content (AvgIpc) is 3.00. The number of sulfonamides is 1. The van der Waals surface area contributed by atoms with Gasteiger partial charge in [-0.2, -0.15) is 0 Å². The van der Waals surface area contributed by atoms with Gasteiger partial charge in [-0.1, -0.05) is 22.5 Å². The van der Waals surface area contributed by atoms with E-state index in [-0.39, 0.29) is 23.0 Å². The first-order chi connectivity index (χ1) is 12.7. The van der Waals surface area contributed by atoms with Crippen LogP contribution in [0.2, 0.25) is 0 Å². The number of benzene rings is 1. The van der Waals surface area contributed by atoms with Gasteiger partial charge >= 0.3 is 0 Å². The molecule has 2 amide bonds. The van der Waals surface area contributed by atoms with Crippen LogP contribution in [0.25, 0.3) is 10.9 Å². The van der Waals surface area contributed by atoms with Crippen LogP contribution < -0.4 is 10.5 Å². The van der Waals surface area contributed by atoms with Gasteiger partial charge in [0.2, 0.25) is 15.9 Å². The summed E-state index contributed by atoms with van der Waals surface area (Å²) in [5.41, 5.74) is 5.70. The number of hydrogen-bond donors (Lipinski definition) is 3. The first-order valence-electron chi connectivity index (χ1n) is 8.27. The summed E-state index contributed by atoms with van der Waals surface area (Å²) in [5.74, 6) is -1.11. The highest BCUT2D eigenvalue weighted by Crippen LogP contribution is 2.30. The fourth-order valence-corrected chi connectivity index (χ4v) is 5.26. The monoisotopic (exact) mass is 454 g/mol. The lowest BCUT2D eigenvalue weighted by Gasteiger charge is -2.32.